The average Bonchev–Trinajstić information content (AvgIpc) is 3.11. The molecule has 142 valence electrons. The van der Waals surface area contributed by atoms with Crippen LogP contribution in [0.25, 0.3) is 16.9 Å². The number of carboxylic acids is 1. The summed E-state index contributed by atoms with van der Waals surface area (Å²) in [5, 5.41) is 9.49. The molecule has 5 nitrogen and oxygen atoms in total. The van der Waals surface area contributed by atoms with Crippen molar-refractivity contribution in [3.8, 4) is 28.8 Å². The lowest BCUT2D eigenvalue weighted by atomic mass is 10.0. The fraction of sp³-hybridized carbons (Fsp3) is 0.0435. The second-order valence-corrected chi connectivity index (χ2v) is 6.19. The summed E-state index contributed by atoms with van der Waals surface area (Å²) in [6, 6.07) is 16.3. The van der Waals surface area contributed by atoms with Crippen molar-refractivity contribution in [1.82, 2.24) is 9.38 Å². The van der Waals surface area contributed by atoms with Crippen LogP contribution in [0.3, 0.4) is 0 Å². The third kappa shape index (κ3) is 3.42. The normalized spacial score (nSPS) is 10.4. The van der Waals surface area contributed by atoms with E-state index in [1.807, 2.05) is 28.8 Å². The number of rotatable bonds is 3. The summed E-state index contributed by atoms with van der Waals surface area (Å²) < 4.78 is 20.4. The van der Waals surface area contributed by atoms with Gasteiger partial charge in [-0.2, -0.15) is 0 Å². The number of benzene rings is 2. The van der Waals surface area contributed by atoms with Gasteiger partial charge < -0.3 is 9.84 Å². The summed E-state index contributed by atoms with van der Waals surface area (Å²) in [4.78, 5) is 16.2. The van der Waals surface area contributed by atoms with Crippen LogP contribution in [0.4, 0.5) is 4.39 Å². The summed E-state index contributed by atoms with van der Waals surface area (Å²) in [5.41, 5.74) is 2.96. The zero-order valence-corrected chi connectivity index (χ0v) is 15.4. The van der Waals surface area contributed by atoms with E-state index in [1.54, 1.807) is 24.3 Å². The SMILES string of the molecule is COc1c(C(=O)O)cccc1-c1nc2ccccn2c1C#Cc1ccc(F)cc1. The van der Waals surface area contributed by atoms with Crippen molar-refractivity contribution in [1.29, 1.82) is 0 Å². The molecule has 0 saturated carbocycles. The maximum Gasteiger partial charge on any atom is 0.339 e. The van der Waals surface area contributed by atoms with E-state index < -0.39 is 5.97 Å². The van der Waals surface area contributed by atoms with Gasteiger partial charge in [-0.15, -0.1) is 0 Å². The number of hydrogen-bond acceptors (Lipinski definition) is 3. The molecule has 0 fully saturated rings. The molecule has 0 bridgehead atoms. The van der Waals surface area contributed by atoms with E-state index in [9.17, 15) is 14.3 Å². The first-order valence-electron chi connectivity index (χ1n) is 8.74. The highest BCUT2D eigenvalue weighted by Gasteiger charge is 2.21. The number of methoxy groups -OCH3 is 1. The maximum atomic E-state index is 13.2. The van der Waals surface area contributed by atoms with Crippen LogP contribution >= 0.6 is 0 Å². The topological polar surface area (TPSA) is 63.8 Å². The summed E-state index contributed by atoms with van der Waals surface area (Å²) >= 11 is 0. The highest BCUT2D eigenvalue weighted by atomic mass is 19.1. The second kappa shape index (κ2) is 7.49. The van der Waals surface area contributed by atoms with E-state index in [2.05, 4.69) is 16.8 Å². The minimum Gasteiger partial charge on any atom is -0.495 e. The molecule has 2 heterocycles. The number of nitrogens with zero attached hydrogens (tertiary/aromatic N) is 2. The molecule has 0 radical (unpaired) electrons. The number of hydrogen-bond donors (Lipinski definition) is 1. The molecule has 0 aliphatic rings. The van der Waals surface area contributed by atoms with Crippen LogP contribution in [-0.2, 0) is 0 Å². The number of carboxylic acid groups (broad SMARTS) is 1. The number of fused-ring (bicyclic) bond motifs is 1. The van der Waals surface area contributed by atoms with Gasteiger partial charge in [0.25, 0.3) is 0 Å². The third-order valence-electron chi connectivity index (χ3n) is 4.40. The molecule has 29 heavy (non-hydrogen) atoms. The van der Waals surface area contributed by atoms with Crippen LogP contribution in [-0.4, -0.2) is 27.6 Å². The molecule has 6 heteroatoms. The van der Waals surface area contributed by atoms with E-state index in [4.69, 9.17) is 4.74 Å². The Hall–Kier alpha value is -4.11. The van der Waals surface area contributed by atoms with Gasteiger partial charge in [0, 0.05) is 17.3 Å². The van der Waals surface area contributed by atoms with Crippen molar-refractivity contribution in [2.75, 3.05) is 7.11 Å². The number of aromatic nitrogens is 2. The minimum absolute atomic E-state index is 0.0412. The molecule has 0 aliphatic heterocycles. The number of para-hydroxylation sites is 1. The van der Waals surface area contributed by atoms with Gasteiger partial charge >= 0.3 is 5.97 Å². The summed E-state index contributed by atoms with van der Waals surface area (Å²) in [6.45, 7) is 0. The smallest absolute Gasteiger partial charge is 0.339 e. The Morgan fingerprint density at radius 2 is 1.86 bits per heavy atom. The van der Waals surface area contributed by atoms with Crippen molar-refractivity contribution in [2.24, 2.45) is 0 Å². The monoisotopic (exact) mass is 386 g/mol. The predicted molar refractivity (Wildman–Crippen MR) is 107 cm³/mol. The molecule has 0 unspecified atom stereocenters. The number of ether oxygens (including phenoxy) is 1. The van der Waals surface area contributed by atoms with E-state index >= 15 is 0 Å². The van der Waals surface area contributed by atoms with E-state index in [0.717, 1.165) is 0 Å². The van der Waals surface area contributed by atoms with E-state index in [1.165, 1.54) is 25.3 Å². The molecule has 4 aromatic rings. The van der Waals surface area contributed by atoms with Crippen LogP contribution < -0.4 is 4.74 Å². The molecular formula is C23H15FN2O3. The van der Waals surface area contributed by atoms with Crippen molar-refractivity contribution >= 4 is 11.6 Å². The van der Waals surface area contributed by atoms with E-state index in [-0.39, 0.29) is 17.1 Å². The van der Waals surface area contributed by atoms with Crippen LogP contribution in [0, 0.1) is 17.7 Å². The fourth-order valence-corrected chi connectivity index (χ4v) is 3.08. The fourth-order valence-electron chi connectivity index (χ4n) is 3.08. The number of pyridine rings is 1. The van der Waals surface area contributed by atoms with Crippen LogP contribution in [0.2, 0.25) is 0 Å². The van der Waals surface area contributed by atoms with Crippen molar-refractivity contribution in [3.63, 3.8) is 0 Å². The van der Waals surface area contributed by atoms with E-state index in [0.29, 0.717) is 28.2 Å². The van der Waals surface area contributed by atoms with Crippen LogP contribution in [0.5, 0.6) is 5.75 Å². The summed E-state index contributed by atoms with van der Waals surface area (Å²) in [6.07, 6.45) is 1.83. The van der Waals surface area contributed by atoms with Gasteiger partial charge in [-0.05, 0) is 54.5 Å². The molecule has 2 aromatic carbocycles. The molecule has 0 aliphatic carbocycles. The second-order valence-electron chi connectivity index (χ2n) is 6.19. The highest BCUT2D eigenvalue weighted by Crippen LogP contribution is 2.35. The third-order valence-corrected chi connectivity index (χ3v) is 4.40. The quantitative estimate of drug-likeness (QED) is 0.535. The minimum atomic E-state index is -1.09. The number of carbonyl (C=O) groups is 1. The van der Waals surface area contributed by atoms with Gasteiger partial charge in [0.2, 0.25) is 0 Å². The average molecular weight is 386 g/mol. The molecule has 0 atom stereocenters. The Balaban J connectivity index is 1.95. The molecule has 2 aromatic heterocycles. The Morgan fingerprint density at radius 3 is 2.59 bits per heavy atom. The van der Waals surface area contributed by atoms with Gasteiger partial charge in [0.05, 0.1) is 7.11 Å². The maximum absolute atomic E-state index is 13.2. The van der Waals surface area contributed by atoms with Crippen molar-refractivity contribution < 1.29 is 19.0 Å². The molecule has 4 rings (SSSR count). The lowest BCUT2D eigenvalue weighted by Crippen LogP contribution is -2.02. The Labute approximate surface area is 166 Å². The molecule has 1 N–H and O–H groups in total. The zero-order valence-electron chi connectivity index (χ0n) is 15.4. The van der Waals surface area contributed by atoms with Gasteiger partial charge in [0.15, 0.2) is 0 Å². The number of aromatic carboxylic acids is 1. The Kier molecular flexibility index (Phi) is 4.71. The zero-order chi connectivity index (χ0) is 20.4. The molecule has 0 spiro atoms. The van der Waals surface area contributed by atoms with Crippen LogP contribution in [0.1, 0.15) is 21.6 Å². The Morgan fingerprint density at radius 1 is 1.07 bits per heavy atom. The van der Waals surface area contributed by atoms with Gasteiger partial charge in [-0.3, -0.25) is 4.40 Å². The lowest BCUT2D eigenvalue weighted by molar-refractivity contribution is 0.0693. The molecule has 0 saturated heterocycles. The molecule has 0 amide bonds. The van der Waals surface area contributed by atoms with Gasteiger partial charge in [-0.1, -0.05) is 18.1 Å². The summed E-state index contributed by atoms with van der Waals surface area (Å²) in [7, 11) is 1.42. The first kappa shape index (κ1) is 18.3. The van der Waals surface area contributed by atoms with Gasteiger partial charge in [0.1, 0.15) is 34.2 Å². The predicted octanol–water partition coefficient (Wildman–Crippen LogP) is 4.25. The van der Waals surface area contributed by atoms with Crippen molar-refractivity contribution in [3.05, 3.63) is 89.5 Å². The molecular weight excluding hydrogens is 371 g/mol. The largest absolute Gasteiger partial charge is 0.495 e. The van der Waals surface area contributed by atoms with Gasteiger partial charge in [-0.25, -0.2) is 14.2 Å². The number of halogens is 1. The van der Waals surface area contributed by atoms with Crippen LogP contribution in [0.15, 0.2) is 66.9 Å². The lowest BCUT2D eigenvalue weighted by Gasteiger charge is -2.10. The van der Waals surface area contributed by atoms with Crippen molar-refractivity contribution in [2.45, 2.75) is 0 Å². The first-order valence-corrected chi connectivity index (χ1v) is 8.74. The first-order chi connectivity index (χ1) is 14.1. The standard InChI is InChI=1S/C23H15FN2O3/c1-29-22-17(5-4-6-18(22)23(27)28)21-19(26-14-3-2-7-20(26)25-21)13-10-15-8-11-16(24)12-9-15/h2-9,11-12,14H,1H3,(H,27,28). The number of imidazole rings is 1. The highest BCUT2D eigenvalue weighted by molar-refractivity contribution is 5.94. The summed E-state index contributed by atoms with van der Waals surface area (Å²) in [5.74, 6) is 4.90. The Bertz CT molecular complexity index is 1280.